The first-order chi connectivity index (χ1) is 16.5. The molecule has 1 aliphatic heterocycles. The van der Waals surface area contributed by atoms with Gasteiger partial charge in [-0.3, -0.25) is 9.59 Å². The summed E-state index contributed by atoms with van der Waals surface area (Å²) in [6.45, 7) is 7.12. The summed E-state index contributed by atoms with van der Waals surface area (Å²) in [6, 6.07) is 15.1. The maximum Gasteiger partial charge on any atom is 0.264 e. The largest absolute Gasteiger partial charge is 0.484 e. The Balaban J connectivity index is 1.80. The van der Waals surface area contributed by atoms with Crippen LogP contribution in [0.25, 0.3) is 0 Å². The van der Waals surface area contributed by atoms with Crippen molar-refractivity contribution in [1.82, 2.24) is 10.6 Å². The van der Waals surface area contributed by atoms with Crippen LogP contribution in [0.1, 0.15) is 68.3 Å². The SMILES string of the molecule is CC(C)CCNC(=O)c1ccc2c(c1)CNCCCCCCCN2C(=O)COc1ccccc1. The summed E-state index contributed by atoms with van der Waals surface area (Å²) in [4.78, 5) is 27.8. The van der Waals surface area contributed by atoms with Crippen molar-refractivity contribution in [2.45, 2.75) is 58.9 Å². The third kappa shape index (κ3) is 8.17. The van der Waals surface area contributed by atoms with Gasteiger partial charge in [-0.15, -0.1) is 0 Å². The number of para-hydroxylation sites is 1. The zero-order valence-corrected chi connectivity index (χ0v) is 20.6. The van der Waals surface area contributed by atoms with Gasteiger partial charge in [-0.2, -0.15) is 0 Å². The lowest BCUT2D eigenvalue weighted by Crippen LogP contribution is -2.37. The Morgan fingerprint density at radius 2 is 1.79 bits per heavy atom. The van der Waals surface area contributed by atoms with E-state index >= 15 is 0 Å². The van der Waals surface area contributed by atoms with Crippen molar-refractivity contribution < 1.29 is 14.3 Å². The van der Waals surface area contributed by atoms with Crippen molar-refractivity contribution in [3.05, 3.63) is 59.7 Å². The molecule has 2 N–H and O–H groups in total. The molecule has 0 aromatic heterocycles. The van der Waals surface area contributed by atoms with Crippen LogP contribution in [-0.4, -0.2) is 38.1 Å². The molecule has 0 saturated heterocycles. The molecule has 0 atom stereocenters. The van der Waals surface area contributed by atoms with Crippen LogP contribution in [0.15, 0.2) is 48.5 Å². The summed E-state index contributed by atoms with van der Waals surface area (Å²) in [6.07, 6.45) is 6.48. The molecule has 1 heterocycles. The summed E-state index contributed by atoms with van der Waals surface area (Å²) in [5.41, 5.74) is 2.45. The number of carbonyl (C=O) groups is 2. The smallest absolute Gasteiger partial charge is 0.264 e. The first kappa shape index (κ1) is 25.8. The average molecular weight is 466 g/mol. The van der Waals surface area contributed by atoms with E-state index in [1.54, 1.807) is 0 Å². The first-order valence-electron chi connectivity index (χ1n) is 12.6. The van der Waals surface area contributed by atoms with E-state index in [1.165, 1.54) is 12.8 Å². The lowest BCUT2D eigenvalue weighted by Gasteiger charge is -2.26. The fourth-order valence-electron chi connectivity index (χ4n) is 4.10. The van der Waals surface area contributed by atoms with E-state index in [-0.39, 0.29) is 18.4 Å². The molecule has 0 radical (unpaired) electrons. The second-order valence-corrected chi connectivity index (χ2v) is 9.37. The van der Waals surface area contributed by atoms with Gasteiger partial charge in [0.2, 0.25) is 0 Å². The maximum absolute atomic E-state index is 13.3. The number of amides is 2. The Bertz CT molecular complexity index is 914. The van der Waals surface area contributed by atoms with Crippen LogP contribution < -0.4 is 20.3 Å². The fraction of sp³-hybridized carbons (Fsp3) is 0.500. The number of hydrogen-bond donors (Lipinski definition) is 2. The highest BCUT2D eigenvalue weighted by molar-refractivity contribution is 5.98. The lowest BCUT2D eigenvalue weighted by molar-refractivity contribution is -0.120. The van der Waals surface area contributed by atoms with Crippen molar-refractivity contribution in [3.63, 3.8) is 0 Å². The predicted octanol–water partition coefficient (Wildman–Crippen LogP) is 4.93. The topological polar surface area (TPSA) is 70.7 Å². The van der Waals surface area contributed by atoms with E-state index in [9.17, 15) is 9.59 Å². The highest BCUT2D eigenvalue weighted by atomic mass is 16.5. The zero-order chi connectivity index (χ0) is 24.2. The van der Waals surface area contributed by atoms with Crippen LogP contribution in [0.5, 0.6) is 5.75 Å². The van der Waals surface area contributed by atoms with Gasteiger partial charge in [-0.05, 0) is 67.6 Å². The summed E-state index contributed by atoms with van der Waals surface area (Å²) in [5, 5.41) is 6.52. The Labute approximate surface area is 204 Å². The summed E-state index contributed by atoms with van der Waals surface area (Å²) in [5.74, 6) is 1.08. The number of benzene rings is 2. The number of rotatable bonds is 7. The van der Waals surface area contributed by atoms with E-state index in [0.717, 1.165) is 43.5 Å². The molecular formula is C28H39N3O3. The van der Waals surface area contributed by atoms with Gasteiger partial charge in [0.05, 0.1) is 0 Å². The van der Waals surface area contributed by atoms with Crippen LogP contribution in [0.2, 0.25) is 0 Å². The van der Waals surface area contributed by atoms with Gasteiger partial charge in [0.15, 0.2) is 6.61 Å². The van der Waals surface area contributed by atoms with Gasteiger partial charge < -0.3 is 20.3 Å². The maximum atomic E-state index is 13.3. The van der Waals surface area contributed by atoms with E-state index in [2.05, 4.69) is 24.5 Å². The summed E-state index contributed by atoms with van der Waals surface area (Å²) >= 11 is 0. The highest BCUT2D eigenvalue weighted by Crippen LogP contribution is 2.25. The summed E-state index contributed by atoms with van der Waals surface area (Å²) in [7, 11) is 0. The van der Waals surface area contributed by atoms with Crippen LogP contribution in [0.3, 0.4) is 0 Å². The van der Waals surface area contributed by atoms with Gasteiger partial charge in [-0.1, -0.05) is 51.3 Å². The molecule has 6 heteroatoms. The molecule has 3 rings (SSSR count). The third-order valence-electron chi connectivity index (χ3n) is 6.10. The van der Waals surface area contributed by atoms with Gasteiger partial charge in [-0.25, -0.2) is 0 Å². The molecule has 0 aliphatic carbocycles. The highest BCUT2D eigenvalue weighted by Gasteiger charge is 2.21. The second-order valence-electron chi connectivity index (χ2n) is 9.37. The van der Waals surface area contributed by atoms with Crippen LogP contribution in [0.4, 0.5) is 5.69 Å². The van der Waals surface area contributed by atoms with Crippen LogP contribution in [-0.2, 0) is 11.3 Å². The van der Waals surface area contributed by atoms with Crippen LogP contribution in [0, 0.1) is 5.92 Å². The normalized spacial score (nSPS) is 15.1. The number of fused-ring (bicyclic) bond motifs is 1. The van der Waals surface area contributed by atoms with Crippen molar-refractivity contribution in [1.29, 1.82) is 0 Å². The minimum absolute atomic E-state index is 0.0195. The standard InChI is InChI=1S/C28H39N3O3/c1-22(2)15-17-30-28(33)23-13-14-26-24(19-23)20-29-16-9-4-3-5-10-18-31(26)27(32)21-34-25-11-7-6-8-12-25/h6-8,11-14,19,22,29H,3-5,9-10,15-18,20-21H2,1-2H3,(H,30,33). The van der Waals surface area contributed by atoms with Crippen LogP contribution >= 0.6 is 0 Å². The molecule has 1 aliphatic rings. The third-order valence-corrected chi connectivity index (χ3v) is 6.10. The Hall–Kier alpha value is -2.86. The Kier molecular flexibility index (Phi) is 10.4. The van der Waals surface area contributed by atoms with Crippen molar-refractivity contribution >= 4 is 17.5 Å². The summed E-state index contributed by atoms with van der Waals surface area (Å²) < 4.78 is 5.76. The molecule has 6 nitrogen and oxygen atoms in total. The quantitative estimate of drug-likeness (QED) is 0.608. The van der Waals surface area contributed by atoms with Gasteiger partial charge >= 0.3 is 0 Å². The molecule has 34 heavy (non-hydrogen) atoms. The number of anilines is 1. The molecule has 0 unspecified atom stereocenters. The first-order valence-corrected chi connectivity index (χ1v) is 12.6. The molecular weight excluding hydrogens is 426 g/mol. The van der Waals surface area contributed by atoms with Crippen molar-refractivity contribution in [2.75, 3.05) is 31.1 Å². The number of nitrogens with one attached hydrogen (secondary N) is 2. The van der Waals surface area contributed by atoms with E-state index in [0.29, 0.717) is 36.9 Å². The second kappa shape index (κ2) is 13.8. The minimum Gasteiger partial charge on any atom is -0.484 e. The molecule has 2 aromatic carbocycles. The molecule has 0 saturated carbocycles. The zero-order valence-electron chi connectivity index (χ0n) is 20.6. The average Bonchev–Trinajstić information content (AvgIpc) is 2.83. The number of nitrogens with zero attached hydrogens (tertiary/aromatic N) is 1. The van der Waals surface area contributed by atoms with Crippen molar-refractivity contribution in [3.8, 4) is 5.75 Å². The molecule has 2 aromatic rings. The van der Waals surface area contributed by atoms with Crippen molar-refractivity contribution in [2.24, 2.45) is 5.92 Å². The Morgan fingerprint density at radius 3 is 2.59 bits per heavy atom. The monoisotopic (exact) mass is 465 g/mol. The van der Waals surface area contributed by atoms with E-state index < -0.39 is 0 Å². The number of hydrogen-bond acceptors (Lipinski definition) is 4. The lowest BCUT2D eigenvalue weighted by atomic mass is 10.0. The number of ether oxygens (including phenoxy) is 1. The van der Waals surface area contributed by atoms with E-state index in [4.69, 9.17) is 4.74 Å². The molecule has 0 bridgehead atoms. The molecule has 0 spiro atoms. The fourth-order valence-corrected chi connectivity index (χ4v) is 4.10. The minimum atomic E-state index is -0.0729. The van der Waals surface area contributed by atoms with Gasteiger partial charge in [0.25, 0.3) is 11.8 Å². The molecule has 0 fully saturated rings. The molecule has 2 amide bonds. The van der Waals surface area contributed by atoms with Gasteiger partial charge in [0, 0.05) is 30.9 Å². The number of carbonyl (C=O) groups excluding carboxylic acids is 2. The Morgan fingerprint density at radius 1 is 1.03 bits per heavy atom. The van der Waals surface area contributed by atoms with Gasteiger partial charge in [0.1, 0.15) is 5.75 Å². The molecule has 184 valence electrons. The predicted molar refractivity (Wildman–Crippen MR) is 137 cm³/mol. The van der Waals surface area contributed by atoms with E-state index in [1.807, 2.05) is 53.4 Å².